The summed E-state index contributed by atoms with van der Waals surface area (Å²) in [6.07, 6.45) is 2.01. The molecule has 2 amide bonds. The molecular formula is C13H12BrClN2O2. The van der Waals surface area contributed by atoms with Gasteiger partial charge in [0.2, 0.25) is 11.8 Å². The zero-order valence-electron chi connectivity index (χ0n) is 10.0. The molecule has 3 rings (SSSR count). The molecule has 1 saturated heterocycles. The molecule has 1 saturated carbocycles. The Hall–Kier alpha value is -1.07. The van der Waals surface area contributed by atoms with Crippen LogP contribution in [-0.4, -0.2) is 24.4 Å². The van der Waals surface area contributed by atoms with E-state index in [1.165, 1.54) is 4.90 Å². The molecule has 0 radical (unpaired) electrons. The van der Waals surface area contributed by atoms with Crippen molar-refractivity contribution in [2.24, 2.45) is 5.92 Å². The molecule has 1 heterocycles. The van der Waals surface area contributed by atoms with Crippen molar-refractivity contribution in [2.45, 2.75) is 18.9 Å². The Kier molecular flexibility index (Phi) is 3.27. The van der Waals surface area contributed by atoms with Gasteiger partial charge >= 0.3 is 0 Å². The van der Waals surface area contributed by atoms with Crippen LogP contribution in [0.5, 0.6) is 0 Å². The van der Waals surface area contributed by atoms with Crippen LogP contribution in [-0.2, 0) is 9.59 Å². The number of rotatable bonds is 2. The number of amides is 2. The first kappa shape index (κ1) is 12.9. The number of carbonyl (C=O) groups is 2. The summed E-state index contributed by atoms with van der Waals surface area (Å²) in [6, 6.07) is 4.90. The summed E-state index contributed by atoms with van der Waals surface area (Å²) < 4.78 is 0.769. The minimum atomic E-state index is -0.372. The van der Waals surface area contributed by atoms with E-state index in [9.17, 15) is 9.59 Å². The molecule has 0 spiro atoms. The van der Waals surface area contributed by atoms with Gasteiger partial charge in [-0.25, -0.2) is 0 Å². The van der Waals surface area contributed by atoms with Gasteiger partial charge in [0, 0.05) is 10.2 Å². The number of carbonyl (C=O) groups excluding carboxylic acids is 2. The van der Waals surface area contributed by atoms with Gasteiger partial charge in [0.05, 0.1) is 5.02 Å². The first-order chi connectivity index (χ1) is 9.06. The SMILES string of the molecule is O=C1CN(c2ccc(Br)c(Cl)c2)C(=O)C(C2CC2)N1. The Bertz CT molecular complexity index is 560. The zero-order chi connectivity index (χ0) is 13.6. The van der Waals surface area contributed by atoms with Gasteiger partial charge in [-0.1, -0.05) is 11.6 Å². The lowest BCUT2D eigenvalue weighted by molar-refractivity contribution is -0.131. The van der Waals surface area contributed by atoms with Crippen LogP contribution in [0.15, 0.2) is 22.7 Å². The van der Waals surface area contributed by atoms with Crippen molar-refractivity contribution in [3.63, 3.8) is 0 Å². The van der Waals surface area contributed by atoms with Crippen molar-refractivity contribution in [1.82, 2.24) is 5.32 Å². The van der Waals surface area contributed by atoms with Gasteiger partial charge in [-0.3, -0.25) is 9.59 Å². The summed E-state index contributed by atoms with van der Waals surface area (Å²) in [5.74, 6) is 0.140. The number of piperazine rings is 1. The molecule has 1 unspecified atom stereocenters. The van der Waals surface area contributed by atoms with Gasteiger partial charge in [-0.05, 0) is 52.9 Å². The van der Waals surface area contributed by atoms with E-state index in [-0.39, 0.29) is 24.4 Å². The van der Waals surface area contributed by atoms with Crippen LogP contribution in [0.3, 0.4) is 0 Å². The molecule has 2 aliphatic rings. The first-order valence-corrected chi connectivity index (χ1v) is 7.29. The molecule has 1 atom stereocenters. The molecule has 6 heteroatoms. The van der Waals surface area contributed by atoms with Crippen LogP contribution in [0.2, 0.25) is 5.02 Å². The number of halogens is 2. The highest BCUT2D eigenvalue weighted by molar-refractivity contribution is 9.10. The molecule has 100 valence electrons. The Labute approximate surface area is 124 Å². The minimum absolute atomic E-state index is 0.0412. The summed E-state index contributed by atoms with van der Waals surface area (Å²) in [5.41, 5.74) is 0.665. The highest BCUT2D eigenvalue weighted by Gasteiger charge is 2.43. The summed E-state index contributed by atoms with van der Waals surface area (Å²) in [4.78, 5) is 25.7. The number of hydrogen-bond donors (Lipinski definition) is 1. The maximum absolute atomic E-state index is 12.4. The maximum atomic E-state index is 12.4. The summed E-state index contributed by atoms with van der Waals surface area (Å²) in [7, 11) is 0. The van der Waals surface area contributed by atoms with Crippen LogP contribution in [0, 0.1) is 5.92 Å². The Balaban J connectivity index is 1.91. The van der Waals surface area contributed by atoms with Gasteiger partial charge in [-0.2, -0.15) is 0 Å². The molecule has 2 fully saturated rings. The second-order valence-electron chi connectivity index (χ2n) is 4.91. The van der Waals surface area contributed by atoms with Crippen molar-refractivity contribution < 1.29 is 9.59 Å². The Morgan fingerprint density at radius 3 is 2.68 bits per heavy atom. The topological polar surface area (TPSA) is 49.4 Å². The average molecular weight is 344 g/mol. The van der Waals surface area contributed by atoms with Crippen LogP contribution in [0.25, 0.3) is 0 Å². The summed E-state index contributed by atoms with van der Waals surface area (Å²) >= 11 is 9.35. The zero-order valence-corrected chi connectivity index (χ0v) is 12.4. The van der Waals surface area contributed by atoms with E-state index >= 15 is 0 Å². The molecule has 19 heavy (non-hydrogen) atoms. The third-order valence-corrected chi connectivity index (χ3v) is 4.69. The van der Waals surface area contributed by atoms with E-state index in [1.54, 1.807) is 18.2 Å². The van der Waals surface area contributed by atoms with Crippen molar-refractivity contribution >= 4 is 45.0 Å². The van der Waals surface area contributed by atoms with Gasteiger partial charge < -0.3 is 10.2 Å². The Morgan fingerprint density at radius 1 is 1.32 bits per heavy atom. The van der Waals surface area contributed by atoms with E-state index in [1.807, 2.05) is 0 Å². The fourth-order valence-corrected chi connectivity index (χ4v) is 2.71. The highest BCUT2D eigenvalue weighted by Crippen LogP contribution is 2.36. The molecule has 1 aliphatic carbocycles. The van der Waals surface area contributed by atoms with Crippen molar-refractivity contribution in [1.29, 1.82) is 0 Å². The van der Waals surface area contributed by atoms with E-state index in [0.29, 0.717) is 16.6 Å². The standard InChI is InChI=1S/C13H12BrClN2O2/c14-9-4-3-8(5-10(9)15)17-6-11(18)16-12(13(17)19)7-1-2-7/h3-5,7,12H,1-2,6H2,(H,16,18). The van der Waals surface area contributed by atoms with E-state index in [2.05, 4.69) is 21.2 Å². The lowest BCUT2D eigenvalue weighted by atomic mass is 10.1. The summed E-state index contributed by atoms with van der Waals surface area (Å²) in [6.45, 7) is 0.0556. The minimum Gasteiger partial charge on any atom is -0.342 e. The number of anilines is 1. The van der Waals surface area contributed by atoms with E-state index < -0.39 is 0 Å². The van der Waals surface area contributed by atoms with E-state index in [0.717, 1.165) is 17.3 Å². The predicted molar refractivity (Wildman–Crippen MR) is 76.2 cm³/mol. The lowest BCUT2D eigenvalue weighted by Gasteiger charge is -2.32. The normalized spacial score (nSPS) is 23.5. The van der Waals surface area contributed by atoms with Gasteiger partial charge in [0.15, 0.2) is 0 Å². The molecular weight excluding hydrogens is 332 g/mol. The number of nitrogens with one attached hydrogen (secondary N) is 1. The second kappa shape index (κ2) is 4.80. The number of benzene rings is 1. The third-order valence-electron chi connectivity index (χ3n) is 3.46. The largest absolute Gasteiger partial charge is 0.342 e. The highest BCUT2D eigenvalue weighted by atomic mass is 79.9. The average Bonchev–Trinajstić information content (AvgIpc) is 3.19. The van der Waals surface area contributed by atoms with Crippen LogP contribution in [0.1, 0.15) is 12.8 Å². The third kappa shape index (κ3) is 2.49. The monoisotopic (exact) mass is 342 g/mol. The van der Waals surface area contributed by atoms with Gasteiger partial charge in [-0.15, -0.1) is 0 Å². The first-order valence-electron chi connectivity index (χ1n) is 6.12. The molecule has 1 aliphatic heterocycles. The lowest BCUT2D eigenvalue weighted by Crippen LogP contribution is -2.59. The summed E-state index contributed by atoms with van der Waals surface area (Å²) in [5, 5.41) is 3.31. The van der Waals surface area contributed by atoms with Crippen molar-refractivity contribution in [3.8, 4) is 0 Å². The number of hydrogen-bond acceptors (Lipinski definition) is 2. The molecule has 0 bridgehead atoms. The molecule has 1 aromatic rings. The van der Waals surface area contributed by atoms with Crippen molar-refractivity contribution in [3.05, 3.63) is 27.7 Å². The maximum Gasteiger partial charge on any atom is 0.250 e. The molecule has 4 nitrogen and oxygen atoms in total. The van der Waals surface area contributed by atoms with Crippen LogP contribution < -0.4 is 10.2 Å². The van der Waals surface area contributed by atoms with Crippen molar-refractivity contribution in [2.75, 3.05) is 11.4 Å². The molecule has 1 aromatic carbocycles. The van der Waals surface area contributed by atoms with Gasteiger partial charge in [0.25, 0.3) is 0 Å². The predicted octanol–water partition coefficient (Wildman–Crippen LogP) is 2.34. The second-order valence-corrected chi connectivity index (χ2v) is 6.17. The number of nitrogens with zero attached hydrogens (tertiary/aromatic N) is 1. The smallest absolute Gasteiger partial charge is 0.250 e. The molecule has 1 N–H and O–H groups in total. The Morgan fingerprint density at radius 2 is 2.05 bits per heavy atom. The van der Waals surface area contributed by atoms with Gasteiger partial charge in [0.1, 0.15) is 12.6 Å². The fourth-order valence-electron chi connectivity index (χ4n) is 2.29. The van der Waals surface area contributed by atoms with E-state index in [4.69, 9.17) is 11.6 Å². The quantitative estimate of drug-likeness (QED) is 0.896. The van der Waals surface area contributed by atoms with Crippen LogP contribution >= 0.6 is 27.5 Å². The molecule has 0 aromatic heterocycles. The fraction of sp³-hybridized carbons (Fsp3) is 0.385. The van der Waals surface area contributed by atoms with Crippen LogP contribution in [0.4, 0.5) is 5.69 Å².